The highest BCUT2D eigenvalue weighted by molar-refractivity contribution is 6.35. The van der Waals surface area contributed by atoms with Gasteiger partial charge in [0.2, 0.25) is 0 Å². The molecule has 1 fully saturated rings. The Morgan fingerprint density at radius 3 is 2.52 bits per heavy atom. The van der Waals surface area contributed by atoms with Gasteiger partial charge in [-0.1, -0.05) is 29.3 Å². The second kappa shape index (κ2) is 9.88. The van der Waals surface area contributed by atoms with Crippen molar-refractivity contribution in [2.75, 3.05) is 33.3 Å². The normalized spacial score (nSPS) is 16.0. The fourth-order valence-electron chi connectivity index (χ4n) is 2.96. The maximum atomic E-state index is 11.7. The first kappa shape index (κ1) is 19.9. The Morgan fingerprint density at radius 2 is 1.96 bits per heavy atom. The lowest BCUT2D eigenvalue weighted by Crippen LogP contribution is -2.46. The predicted octanol–water partition coefficient (Wildman–Crippen LogP) is 3.39. The van der Waals surface area contributed by atoms with Gasteiger partial charge in [0, 0.05) is 36.2 Å². The van der Waals surface area contributed by atoms with Crippen LogP contribution in [0.4, 0.5) is 0 Å². The van der Waals surface area contributed by atoms with Gasteiger partial charge in [0.05, 0.1) is 13.0 Å². The van der Waals surface area contributed by atoms with E-state index in [0.717, 1.165) is 44.0 Å². The van der Waals surface area contributed by atoms with E-state index >= 15 is 0 Å². The van der Waals surface area contributed by atoms with Crippen molar-refractivity contribution < 1.29 is 9.53 Å². The lowest BCUT2D eigenvalue weighted by atomic mass is 9.97. The predicted molar refractivity (Wildman–Crippen MR) is 102 cm³/mol. The average Bonchev–Trinajstić information content (AvgIpc) is 2.63. The molecule has 1 N–H and O–H groups in total. The molecule has 2 rings (SSSR count). The molecule has 1 aromatic rings. The van der Waals surface area contributed by atoms with Gasteiger partial charge in [-0.25, -0.2) is 0 Å². The number of likely N-dealkylation sites (tertiary alicyclic amines) is 1. The summed E-state index contributed by atoms with van der Waals surface area (Å²) in [6.07, 6.45) is 2.26. The summed E-state index contributed by atoms with van der Waals surface area (Å²) in [6, 6.07) is 5.53. The van der Waals surface area contributed by atoms with Gasteiger partial charge in [-0.2, -0.15) is 0 Å². The van der Waals surface area contributed by atoms with Crippen LogP contribution in [0.15, 0.2) is 23.2 Å². The van der Waals surface area contributed by atoms with Crippen LogP contribution in [-0.2, 0) is 16.0 Å². The molecule has 1 aliphatic rings. The number of nitrogens with one attached hydrogen (secondary N) is 1. The van der Waals surface area contributed by atoms with Crippen LogP contribution in [0.2, 0.25) is 10.0 Å². The highest BCUT2D eigenvalue weighted by Gasteiger charge is 2.26. The van der Waals surface area contributed by atoms with Crippen molar-refractivity contribution in [2.45, 2.75) is 26.2 Å². The van der Waals surface area contributed by atoms with E-state index in [0.29, 0.717) is 23.0 Å². The van der Waals surface area contributed by atoms with Gasteiger partial charge in [0.25, 0.3) is 0 Å². The molecule has 0 radical (unpaired) electrons. The van der Waals surface area contributed by atoms with Crippen molar-refractivity contribution in [3.8, 4) is 0 Å². The number of nitrogens with zero attached hydrogens (tertiary/aromatic N) is 2. The van der Waals surface area contributed by atoms with Crippen molar-refractivity contribution in [1.29, 1.82) is 0 Å². The molecule has 0 aromatic heterocycles. The molecule has 0 spiro atoms. The molecule has 0 aliphatic carbocycles. The van der Waals surface area contributed by atoms with Crippen molar-refractivity contribution in [2.24, 2.45) is 10.9 Å². The number of carbonyl (C=O) groups excluding carboxylic acids is 1. The summed E-state index contributed by atoms with van der Waals surface area (Å²) in [6.45, 7) is 5.02. The highest BCUT2D eigenvalue weighted by Crippen LogP contribution is 2.24. The Hall–Kier alpha value is -1.46. The van der Waals surface area contributed by atoms with Gasteiger partial charge in [-0.15, -0.1) is 0 Å². The third-order valence-electron chi connectivity index (χ3n) is 4.35. The second-order valence-electron chi connectivity index (χ2n) is 5.97. The number of halogens is 2. The molecular weight excluding hydrogens is 361 g/mol. The van der Waals surface area contributed by atoms with E-state index in [9.17, 15) is 4.79 Å². The molecule has 1 saturated heterocycles. The molecular formula is C18H25Cl2N3O2. The van der Waals surface area contributed by atoms with E-state index in [2.05, 4.69) is 10.2 Å². The Kier molecular flexibility index (Phi) is 7.85. The molecule has 0 unspecified atom stereocenters. The first-order valence-electron chi connectivity index (χ1n) is 8.60. The number of hydrogen-bond donors (Lipinski definition) is 1. The largest absolute Gasteiger partial charge is 0.469 e. The Balaban J connectivity index is 1.96. The smallest absolute Gasteiger partial charge is 0.308 e. The Morgan fingerprint density at radius 1 is 1.32 bits per heavy atom. The fourth-order valence-corrected chi connectivity index (χ4v) is 3.55. The van der Waals surface area contributed by atoms with Gasteiger partial charge in [0.15, 0.2) is 5.96 Å². The van der Waals surface area contributed by atoms with E-state index in [4.69, 9.17) is 32.9 Å². The number of benzene rings is 1. The minimum atomic E-state index is -0.116. The van der Waals surface area contributed by atoms with Crippen LogP contribution in [0.5, 0.6) is 0 Å². The lowest BCUT2D eigenvalue weighted by molar-refractivity contribution is -0.146. The number of guanidine groups is 1. The molecule has 0 bridgehead atoms. The number of aliphatic imine (C=N–C) groups is 1. The number of esters is 1. The van der Waals surface area contributed by atoms with Crippen molar-refractivity contribution in [1.82, 2.24) is 10.2 Å². The Labute approximate surface area is 159 Å². The number of ether oxygens (including phenoxy) is 1. The third kappa shape index (κ3) is 5.51. The van der Waals surface area contributed by atoms with Gasteiger partial charge >= 0.3 is 5.97 Å². The zero-order chi connectivity index (χ0) is 18.2. The number of rotatable bonds is 5. The highest BCUT2D eigenvalue weighted by atomic mass is 35.5. The molecule has 25 heavy (non-hydrogen) atoms. The topological polar surface area (TPSA) is 53.9 Å². The molecule has 1 aromatic carbocycles. The van der Waals surface area contributed by atoms with Crippen LogP contribution in [0.3, 0.4) is 0 Å². The maximum Gasteiger partial charge on any atom is 0.308 e. The van der Waals surface area contributed by atoms with Crippen molar-refractivity contribution in [3.63, 3.8) is 0 Å². The first-order valence-corrected chi connectivity index (χ1v) is 9.36. The fraction of sp³-hybridized carbons (Fsp3) is 0.556. The molecule has 0 amide bonds. The minimum Gasteiger partial charge on any atom is -0.469 e. The quantitative estimate of drug-likeness (QED) is 0.479. The summed E-state index contributed by atoms with van der Waals surface area (Å²) >= 11 is 12.4. The summed E-state index contributed by atoms with van der Waals surface area (Å²) in [4.78, 5) is 18.5. The van der Waals surface area contributed by atoms with E-state index in [-0.39, 0.29) is 11.9 Å². The van der Waals surface area contributed by atoms with E-state index in [1.54, 1.807) is 0 Å². The van der Waals surface area contributed by atoms with E-state index in [1.807, 2.05) is 25.1 Å². The molecule has 138 valence electrons. The molecule has 1 heterocycles. The SMILES string of the molecule is CCNC(=NCCc1c(Cl)cccc1Cl)N1CCC(C(=O)OC)CC1. The van der Waals surface area contributed by atoms with Crippen LogP contribution in [0.1, 0.15) is 25.3 Å². The van der Waals surface area contributed by atoms with Crippen molar-refractivity contribution in [3.05, 3.63) is 33.8 Å². The van der Waals surface area contributed by atoms with Gasteiger partial charge < -0.3 is 15.0 Å². The number of methoxy groups -OCH3 is 1. The van der Waals surface area contributed by atoms with Crippen LogP contribution < -0.4 is 5.32 Å². The lowest BCUT2D eigenvalue weighted by Gasteiger charge is -2.33. The molecule has 5 nitrogen and oxygen atoms in total. The van der Waals surface area contributed by atoms with Crippen LogP contribution in [-0.4, -0.2) is 50.1 Å². The molecule has 0 saturated carbocycles. The number of piperidine rings is 1. The first-order chi connectivity index (χ1) is 12.1. The molecule has 7 heteroatoms. The molecule has 1 aliphatic heterocycles. The van der Waals surface area contributed by atoms with Gasteiger partial charge in [-0.05, 0) is 43.9 Å². The van der Waals surface area contributed by atoms with Gasteiger partial charge in [-0.3, -0.25) is 9.79 Å². The summed E-state index contributed by atoms with van der Waals surface area (Å²) in [5, 5.41) is 4.67. The average molecular weight is 386 g/mol. The number of carbonyl (C=O) groups is 1. The van der Waals surface area contributed by atoms with Gasteiger partial charge in [0.1, 0.15) is 0 Å². The maximum absolute atomic E-state index is 11.7. The van der Waals surface area contributed by atoms with Crippen LogP contribution in [0.25, 0.3) is 0 Å². The number of hydrogen-bond acceptors (Lipinski definition) is 3. The Bertz CT molecular complexity index is 594. The molecule has 0 atom stereocenters. The summed E-state index contributed by atoms with van der Waals surface area (Å²) in [7, 11) is 1.44. The zero-order valence-electron chi connectivity index (χ0n) is 14.7. The van der Waals surface area contributed by atoms with Crippen LogP contribution >= 0.6 is 23.2 Å². The van der Waals surface area contributed by atoms with Crippen molar-refractivity contribution >= 4 is 35.1 Å². The second-order valence-corrected chi connectivity index (χ2v) is 6.78. The third-order valence-corrected chi connectivity index (χ3v) is 5.06. The standard InChI is InChI=1S/C18H25Cl2N3O2/c1-3-21-18(23-11-8-13(9-12-23)17(24)25-2)22-10-7-14-15(19)5-4-6-16(14)20/h4-6,13H,3,7-12H2,1-2H3,(H,21,22). The summed E-state index contributed by atoms with van der Waals surface area (Å²) in [5.41, 5.74) is 0.926. The van der Waals surface area contributed by atoms with Crippen LogP contribution in [0, 0.1) is 5.92 Å². The minimum absolute atomic E-state index is 0.00828. The zero-order valence-corrected chi connectivity index (χ0v) is 16.2. The summed E-state index contributed by atoms with van der Waals surface area (Å²) < 4.78 is 4.84. The van der Waals surface area contributed by atoms with E-state index in [1.165, 1.54) is 7.11 Å². The monoisotopic (exact) mass is 385 g/mol. The summed E-state index contributed by atoms with van der Waals surface area (Å²) in [5.74, 6) is 0.745. The van der Waals surface area contributed by atoms with E-state index < -0.39 is 0 Å².